The molecule has 1 aliphatic rings. The maximum Gasteiger partial charge on any atom is 0.161 e. The summed E-state index contributed by atoms with van der Waals surface area (Å²) in [6.07, 6.45) is 0.825. The molecule has 0 spiro atoms. The van der Waals surface area contributed by atoms with Crippen LogP contribution in [0.3, 0.4) is 0 Å². The monoisotopic (exact) mass is 793 g/mol. The Hall–Kier alpha value is -8.01. The average Bonchev–Trinajstić information content (AvgIpc) is 3.72. The van der Waals surface area contributed by atoms with Gasteiger partial charge in [-0.05, 0) is 127 Å². The molecule has 0 aromatic heterocycles. The Morgan fingerprint density at radius 3 is 1.37 bits per heavy atom. The van der Waals surface area contributed by atoms with Crippen LogP contribution in [-0.4, -0.2) is 18.4 Å². The van der Waals surface area contributed by atoms with Gasteiger partial charge in [-0.25, -0.2) is 9.98 Å². The number of rotatable bonds is 9. The van der Waals surface area contributed by atoms with Gasteiger partial charge in [-0.1, -0.05) is 194 Å². The third kappa shape index (κ3) is 8.12. The topological polar surface area (TPSA) is 37.1 Å². The van der Waals surface area contributed by atoms with E-state index in [1.165, 1.54) is 72.3 Å². The van der Waals surface area contributed by atoms with Gasteiger partial charge in [-0.2, -0.15) is 0 Å². The molecule has 9 aromatic carbocycles. The smallest absolute Gasteiger partial charge is 0.161 e. The number of amidine groups is 2. The van der Waals surface area contributed by atoms with Gasteiger partial charge in [-0.15, -0.1) is 0 Å². The second-order valence-electron chi connectivity index (χ2n) is 15.7. The highest BCUT2D eigenvalue weighted by Crippen LogP contribution is 2.40. The van der Waals surface area contributed by atoms with Gasteiger partial charge >= 0.3 is 0 Å². The summed E-state index contributed by atoms with van der Waals surface area (Å²) in [6, 6.07) is 79.7. The molecule has 3 heteroatoms. The van der Waals surface area contributed by atoms with E-state index in [1.54, 1.807) is 0 Å². The van der Waals surface area contributed by atoms with E-state index in [-0.39, 0.29) is 0 Å². The molecule has 0 atom stereocenters. The summed E-state index contributed by atoms with van der Waals surface area (Å²) in [5, 5.41) is 0. The molecule has 0 fully saturated rings. The van der Waals surface area contributed by atoms with Crippen molar-refractivity contribution in [3.8, 4) is 66.8 Å². The molecule has 0 aliphatic heterocycles. The molecule has 0 unspecified atom stereocenters. The predicted octanol–water partition coefficient (Wildman–Crippen LogP) is 14.7. The molecule has 0 heterocycles. The van der Waals surface area contributed by atoms with Crippen LogP contribution in [0.2, 0.25) is 0 Å². The van der Waals surface area contributed by atoms with Gasteiger partial charge in [0, 0.05) is 11.1 Å². The zero-order valence-electron chi connectivity index (χ0n) is 34.3. The van der Waals surface area contributed by atoms with Crippen LogP contribution in [0.15, 0.2) is 239 Å². The van der Waals surface area contributed by atoms with Crippen LogP contribution in [0, 0.1) is 0 Å². The summed E-state index contributed by atoms with van der Waals surface area (Å²) in [5.74, 6) is 1.17. The van der Waals surface area contributed by atoms with Crippen LogP contribution in [0.25, 0.3) is 66.8 Å². The zero-order chi connectivity index (χ0) is 41.7. The molecule has 0 saturated heterocycles. The van der Waals surface area contributed by atoms with Crippen LogP contribution in [-0.2, 0) is 13.0 Å². The maximum absolute atomic E-state index is 5.10. The minimum atomic E-state index is 0.504. The number of benzene rings is 9. The van der Waals surface area contributed by atoms with E-state index in [9.17, 15) is 0 Å². The van der Waals surface area contributed by atoms with Crippen molar-refractivity contribution < 1.29 is 0 Å². The summed E-state index contributed by atoms with van der Waals surface area (Å²) in [4.78, 5) is 14.6. The lowest BCUT2D eigenvalue weighted by atomic mass is 9.92. The van der Waals surface area contributed by atoms with Crippen molar-refractivity contribution in [3.63, 3.8) is 0 Å². The van der Waals surface area contributed by atoms with Crippen LogP contribution in [0.4, 0.5) is 0 Å². The van der Waals surface area contributed by atoms with Crippen LogP contribution in [0.5, 0.6) is 0 Å². The normalized spacial score (nSPS) is 12.1. The lowest BCUT2D eigenvalue weighted by molar-refractivity contribution is 1.06. The second kappa shape index (κ2) is 17.3. The van der Waals surface area contributed by atoms with E-state index in [0.29, 0.717) is 18.2 Å². The summed E-state index contributed by atoms with van der Waals surface area (Å²) < 4.78 is 0. The van der Waals surface area contributed by atoms with Gasteiger partial charge in [0.25, 0.3) is 0 Å². The molecular weight excluding hydrogens is 751 g/mol. The average molecular weight is 794 g/mol. The van der Waals surface area contributed by atoms with Crippen LogP contribution < -0.4 is 0 Å². The SMILES string of the molecule is C=N/C(=N\C(=N/Cc1ccccc1)c1ccc(-c2ccccc2)cc1)c1ccc2c(c1)Cc1cc(-c3cccc(-c4cc(-c5ccccc5)cc(-c5ccccc5)c4)c3)ccc1-2. The quantitative estimate of drug-likeness (QED) is 0.103. The van der Waals surface area contributed by atoms with Crippen molar-refractivity contribution in [1.82, 2.24) is 0 Å². The van der Waals surface area contributed by atoms with Crippen molar-refractivity contribution in [3.05, 3.63) is 252 Å². The summed E-state index contributed by atoms with van der Waals surface area (Å²) in [7, 11) is 0. The fraction of sp³-hybridized carbons (Fsp3) is 0.0339. The number of aliphatic imine (C=N–C) groups is 3. The molecule has 0 bridgehead atoms. The minimum Gasteiger partial charge on any atom is -0.261 e. The molecule has 62 heavy (non-hydrogen) atoms. The van der Waals surface area contributed by atoms with E-state index in [1.807, 2.05) is 24.3 Å². The first-order valence-corrected chi connectivity index (χ1v) is 21.1. The van der Waals surface area contributed by atoms with Gasteiger partial charge < -0.3 is 0 Å². The summed E-state index contributed by atoms with van der Waals surface area (Å²) in [5.41, 5.74) is 19.9. The van der Waals surface area contributed by atoms with Crippen LogP contribution in [0.1, 0.15) is 27.8 Å². The summed E-state index contributed by atoms with van der Waals surface area (Å²) in [6.45, 7) is 4.47. The van der Waals surface area contributed by atoms with Crippen molar-refractivity contribution in [2.45, 2.75) is 13.0 Å². The number of hydrogen-bond acceptors (Lipinski definition) is 1. The van der Waals surface area contributed by atoms with Crippen molar-refractivity contribution in [1.29, 1.82) is 0 Å². The van der Waals surface area contributed by atoms with E-state index < -0.39 is 0 Å². The molecule has 9 aromatic rings. The Morgan fingerprint density at radius 1 is 0.355 bits per heavy atom. The van der Waals surface area contributed by atoms with Gasteiger partial charge in [0.1, 0.15) is 0 Å². The van der Waals surface area contributed by atoms with E-state index >= 15 is 0 Å². The Labute approximate surface area is 363 Å². The van der Waals surface area contributed by atoms with E-state index in [0.717, 1.165) is 28.7 Å². The Bertz CT molecular complexity index is 3040. The predicted molar refractivity (Wildman–Crippen MR) is 261 cm³/mol. The van der Waals surface area contributed by atoms with Gasteiger partial charge in [0.15, 0.2) is 11.7 Å². The molecule has 0 N–H and O–H groups in total. The highest BCUT2D eigenvalue weighted by atomic mass is 15.0. The van der Waals surface area contributed by atoms with Crippen molar-refractivity contribution >= 4 is 18.4 Å². The fourth-order valence-corrected chi connectivity index (χ4v) is 8.47. The van der Waals surface area contributed by atoms with Gasteiger partial charge in [0.05, 0.1) is 6.54 Å². The number of hydrogen-bond donors (Lipinski definition) is 0. The van der Waals surface area contributed by atoms with Crippen LogP contribution >= 0.6 is 0 Å². The lowest BCUT2D eigenvalue weighted by Gasteiger charge is -2.13. The van der Waals surface area contributed by atoms with Crippen molar-refractivity contribution in [2.24, 2.45) is 15.0 Å². The largest absolute Gasteiger partial charge is 0.261 e. The summed E-state index contributed by atoms with van der Waals surface area (Å²) >= 11 is 0. The standard InChI is InChI=1S/C59H43N3/c1-60-58(62-59(61-40-41-15-6-2-7-16-41)46-27-25-45(26-28-46)42-17-8-3-9-18-42)50-30-32-57-55(35-50)39-54-34-49(29-31-56(54)57)47-23-14-24-48(33-47)53-37-51(43-19-10-4-11-20-43)36-52(38-53)44-21-12-5-13-22-44/h2-38H,1,39-40H2/b61-59-,62-58-. The molecule has 0 saturated carbocycles. The van der Waals surface area contributed by atoms with Gasteiger partial charge in [-0.3, -0.25) is 4.99 Å². The lowest BCUT2D eigenvalue weighted by Crippen LogP contribution is -2.06. The minimum absolute atomic E-state index is 0.504. The fourth-order valence-electron chi connectivity index (χ4n) is 8.47. The zero-order valence-corrected chi connectivity index (χ0v) is 34.3. The Kier molecular flexibility index (Phi) is 10.7. The molecule has 0 radical (unpaired) electrons. The van der Waals surface area contributed by atoms with Gasteiger partial charge in [0.2, 0.25) is 0 Å². The molecule has 0 amide bonds. The highest BCUT2D eigenvalue weighted by molar-refractivity contribution is 6.13. The first-order chi connectivity index (χ1) is 30.6. The molecule has 1 aliphatic carbocycles. The second-order valence-corrected chi connectivity index (χ2v) is 15.7. The molecule has 294 valence electrons. The Balaban J connectivity index is 0.943. The molecule has 3 nitrogen and oxygen atoms in total. The third-order valence-corrected chi connectivity index (χ3v) is 11.7. The van der Waals surface area contributed by atoms with E-state index in [2.05, 4.69) is 212 Å². The molecule has 10 rings (SSSR count). The Morgan fingerprint density at radius 2 is 0.774 bits per heavy atom. The van der Waals surface area contributed by atoms with Crippen molar-refractivity contribution in [2.75, 3.05) is 0 Å². The molecular formula is C59H43N3. The maximum atomic E-state index is 5.10. The number of nitrogens with zero attached hydrogens (tertiary/aromatic N) is 3. The van der Waals surface area contributed by atoms with E-state index in [4.69, 9.17) is 9.98 Å². The first kappa shape index (κ1) is 38.2. The third-order valence-electron chi connectivity index (χ3n) is 11.7. The first-order valence-electron chi connectivity index (χ1n) is 21.1. The number of fused-ring (bicyclic) bond motifs is 3. The highest BCUT2D eigenvalue weighted by Gasteiger charge is 2.21.